The Hall–Kier alpha value is -1.22. The largest absolute Gasteiger partial charge is 0.300 e. The minimum absolute atomic E-state index is 0.247. The molecule has 0 aliphatic heterocycles. The molecule has 2 nitrogen and oxygen atoms in total. The van der Waals surface area contributed by atoms with Crippen LogP contribution in [0.4, 0.5) is 0 Å². The molecule has 0 aliphatic carbocycles. The number of hydrogen-bond acceptors (Lipinski definition) is 2. The number of rotatable bonds is 3. The van der Waals surface area contributed by atoms with Crippen LogP contribution in [0.1, 0.15) is 18.4 Å². The maximum Gasteiger partial charge on any atom is 0.235 e. The number of nitrogens with zero attached hydrogens (tertiary/aromatic N) is 1. The maximum atomic E-state index is 11.0. The van der Waals surface area contributed by atoms with Crippen molar-refractivity contribution in [3.8, 4) is 0 Å². The Morgan fingerprint density at radius 1 is 1.40 bits per heavy atom. The van der Waals surface area contributed by atoms with E-state index < -0.39 is 0 Å². The fourth-order valence-corrected chi connectivity index (χ4v) is 2.74. The van der Waals surface area contributed by atoms with Gasteiger partial charge >= 0.3 is 0 Å². The summed E-state index contributed by atoms with van der Waals surface area (Å²) in [5.41, 5.74) is 1.24. The zero-order valence-electron chi connectivity index (χ0n) is 8.99. The number of thiazole rings is 1. The standard InChI is InChI=1S/C12H14NOS/c1-9(14)7-8-13-10(2)15-12-6-4-3-5-11(12)13/h3-6H,7-8H2,1-2H3/q+1. The fraction of sp³-hybridized carbons (Fsp3) is 0.333. The lowest BCUT2D eigenvalue weighted by Crippen LogP contribution is -2.35. The lowest BCUT2D eigenvalue weighted by atomic mass is 10.3. The molecule has 0 saturated heterocycles. The maximum absolute atomic E-state index is 11.0. The molecule has 0 fully saturated rings. The van der Waals surface area contributed by atoms with Crippen molar-refractivity contribution < 1.29 is 9.36 Å². The normalized spacial score (nSPS) is 10.8. The highest BCUT2D eigenvalue weighted by Gasteiger charge is 2.16. The second-order valence-electron chi connectivity index (χ2n) is 3.69. The van der Waals surface area contributed by atoms with Crippen LogP contribution in [0.3, 0.4) is 0 Å². The molecule has 0 spiro atoms. The number of aromatic nitrogens is 1. The van der Waals surface area contributed by atoms with Gasteiger partial charge in [-0.25, -0.2) is 0 Å². The highest BCUT2D eigenvalue weighted by atomic mass is 32.1. The quantitative estimate of drug-likeness (QED) is 0.728. The molecule has 3 heteroatoms. The first-order valence-electron chi connectivity index (χ1n) is 5.06. The van der Waals surface area contributed by atoms with Crippen LogP contribution in [0.15, 0.2) is 24.3 Å². The molecule has 78 valence electrons. The Morgan fingerprint density at radius 3 is 2.87 bits per heavy atom. The molecule has 0 radical (unpaired) electrons. The fourth-order valence-electron chi connectivity index (χ4n) is 1.70. The number of para-hydroxylation sites is 1. The summed E-state index contributed by atoms with van der Waals surface area (Å²) in [7, 11) is 0. The molecule has 2 rings (SSSR count). The van der Waals surface area contributed by atoms with Crippen LogP contribution in [0.2, 0.25) is 0 Å². The van der Waals surface area contributed by atoms with Gasteiger partial charge in [0.05, 0.1) is 6.42 Å². The number of benzene rings is 1. The number of aryl methyl sites for hydroxylation is 2. The van der Waals surface area contributed by atoms with E-state index in [0.717, 1.165) is 6.54 Å². The zero-order valence-corrected chi connectivity index (χ0v) is 9.80. The van der Waals surface area contributed by atoms with Gasteiger partial charge in [0.2, 0.25) is 10.5 Å². The van der Waals surface area contributed by atoms with E-state index in [1.165, 1.54) is 15.2 Å². The molecule has 0 bridgehead atoms. The first kappa shape index (κ1) is 10.3. The van der Waals surface area contributed by atoms with Gasteiger partial charge in [-0.2, -0.15) is 4.57 Å². The molecule has 15 heavy (non-hydrogen) atoms. The molecule has 0 atom stereocenters. The average Bonchev–Trinajstić information content (AvgIpc) is 2.50. The second-order valence-corrected chi connectivity index (χ2v) is 4.93. The smallest absolute Gasteiger partial charge is 0.235 e. The van der Waals surface area contributed by atoms with Crippen LogP contribution >= 0.6 is 11.3 Å². The molecule has 0 N–H and O–H groups in total. The number of fused-ring (bicyclic) bond motifs is 1. The number of carbonyl (C=O) groups excluding carboxylic acids is 1. The van der Waals surface area contributed by atoms with Crippen LogP contribution in [-0.4, -0.2) is 5.78 Å². The predicted octanol–water partition coefficient (Wildman–Crippen LogP) is 2.48. The minimum Gasteiger partial charge on any atom is -0.300 e. The van der Waals surface area contributed by atoms with Gasteiger partial charge in [-0.05, 0) is 13.0 Å². The van der Waals surface area contributed by atoms with Crippen molar-refractivity contribution in [1.82, 2.24) is 0 Å². The van der Waals surface area contributed by atoms with Gasteiger partial charge in [-0.3, -0.25) is 4.79 Å². The Morgan fingerprint density at radius 2 is 2.13 bits per heavy atom. The van der Waals surface area contributed by atoms with Crippen molar-refractivity contribution >= 4 is 27.3 Å². The molecule has 1 aromatic heterocycles. The van der Waals surface area contributed by atoms with E-state index in [1.54, 1.807) is 18.3 Å². The Labute approximate surface area is 93.2 Å². The van der Waals surface area contributed by atoms with E-state index in [1.807, 2.05) is 12.1 Å². The molecular weight excluding hydrogens is 206 g/mol. The van der Waals surface area contributed by atoms with Crippen molar-refractivity contribution in [2.24, 2.45) is 0 Å². The van der Waals surface area contributed by atoms with E-state index in [0.29, 0.717) is 6.42 Å². The molecule has 1 heterocycles. The van der Waals surface area contributed by atoms with Gasteiger partial charge in [0, 0.05) is 13.0 Å². The van der Waals surface area contributed by atoms with Gasteiger partial charge in [0.1, 0.15) is 10.5 Å². The second kappa shape index (κ2) is 4.11. The van der Waals surface area contributed by atoms with Crippen molar-refractivity contribution in [3.63, 3.8) is 0 Å². The van der Waals surface area contributed by atoms with Crippen molar-refractivity contribution in [2.75, 3.05) is 0 Å². The van der Waals surface area contributed by atoms with Crippen LogP contribution in [-0.2, 0) is 11.3 Å². The topological polar surface area (TPSA) is 20.9 Å². The van der Waals surface area contributed by atoms with Gasteiger partial charge in [-0.1, -0.05) is 23.5 Å². The third kappa shape index (κ3) is 2.07. The third-order valence-electron chi connectivity index (χ3n) is 2.48. The monoisotopic (exact) mass is 220 g/mol. The number of ketones is 1. The van der Waals surface area contributed by atoms with E-state index in [2.05, 4.69) is 23.6 Å². The molecule has 0 aliphatic rings. The summed E-state index contributed by atoms with van der Waals surface area (Å²) in [6.45, 7) is 4.54. The van der Waals surface area contributed by atoms with E-state index in [9.17, 15) is 4.79 Å². The highest BCUT2D eigenvalue weighted by molar-refractivity contribution is 7.18. The molecule has 2 aromatic rings. The van der Waals surface area contributed by atoms with Gasteiger partial charge in [-0.15, -0.1) is 0 Å². The molecule has 0 unspecified atom stereocenters. The summed E-state index contributed by atoms with van der Waals surface area (Å²) in [5.74, 6) is 0.247. The summed E-state index contributed by atoms with van der Waals surface area (Å²) >= 11 is 1.78. The summed E-state index contributed by atoms with van der Waals surface area (Å²) in [5, 5.41) is 1.26. The SMILES string of the molecule is CC(=O)CC[n+]1c(C)sc2ccccc21. The average molecular weight is 220 g/mol. The molecule has 0 saturated carbocycles. The molecule has 0 amide bonds. The zero-order chi connectivity index (χ0) is 10.8. The van der Waals surface area contributed by atoms with Crippen LogP contribution < -0.4 is 4.57 Å². The lowest BCUT2D eigenvalue weighted by Gasteiger charge is -1.93. The molecular formula is C12H14NOS+. The van der Waals surface area contributed by atoms with Gasteiger partial charge in [0.15, 0.2) is 6.54 Å². The van der Waals surface area contributed by atoms with Crippen LogP contribution in [0, 0.1) is 6.92 Å². The first-order valence-corrected chi connectivity index (χ1v) is 5.87. The summed E-state index contributed by atoms with van der Waals surface area (Å²) in [4.78, 5) is 11.0. The van der Waals surface area contributed by atoms with E-state index in [4.69, 9.17) is 0 Å². The summed E-state index contributed by atoms with van der Waals surface area (Å²) < 4.78 is 3.51. The predicted molar refractivity (Wildman–Crippen MR) is 62.1 cm³/mol. The van der Waals surface area contributed by atoms with Crippen LogP contribution in [0.5, 0.6) is 0 Å². The number of carbonyl (C=O) groups is 1. The van der Waals surface area contributed by atoms with Crippen molar-refractivity contribution in [1.29, 1.82) is 0 Å². The third-order valence-corrected chi connectivity index (χ3v) is 3.56. The van der Waals surface area contributed by atoms with E-state index in [-0.39, 0.29) is 5.78 Å². The summed E-state index contributed by atoms with van der Waals surface area (Å²) in [6.07, 6.45) is 0.617. The van der Waals surface area contributed by atoms with Crippen molar-refractivity contribution in [2.45, 2.75) is 26.8 Å². The van der Waals surface area contributed by atoms with E-state index >= 15 is 0 Å². The first-order chi connectivity index (χ1) is 7.18. The Bertz CT molecular complexity index is 501. The Balaban J connectivity index is 2.40. The lowest BCUT2D eigenvalue weighted by molar-refractivity contribution is -0.671. The van der Waals surface area contributed by atoms with Crippen LogP contribution in [0.25, 0.3) is 10.2 Å². The Kier molecular flexibility index (Phi) is 2.82. The number of Topliss-reactive ketones (excluding diaryl/α,β-unsaturated/α-hetero) is 1. The molecule has 1 aromatic carbocycles. The number of hydrogen-bond donors (Lipinski definition) is 0. The highest BCUT2D eigenvalue weighted by Crippen LogP contribution is 2.19. The minimum atomic E-state index is 0.247. The van der Waals surface area contributed by atoms with Gasteiger partial charge < -0.3 is 0 Å². The summed E-state index contributed by atoms with van der Waals surface area (Å²) in [6, 6.07) is 8.32. The van der Waals surface area contributed by atoms with Crippen molar-refractivity contribution in [3.05, 3.63) is 29.3 Å². The van der Waals surface area contributed by atoms with Gasteiger partial charge in [0.25, 0.3) is 0 Å².